The lowest BCUT2D eigenvalue weighted by Gasteiger charge is -2.34. The fourth-order valence-corrected chi connectivity index (χ4v) is 2.96. The van der Waals surface area contributed by atoms with Crippen LogP contribution in [0.3, 0.4) is 0 Å². The van der Waals surface area contributed by atoms with Crippen molar-refractivity contribution in [2.75, 3.05) is 0 Å². The molecule has 106 valence electrons. The van der Waals surface area contributed by atoms with E-state index in [1.54, 1.807) is 12.1 Å². The summed E-state index contributed by atoms with van der Waals surface area (Å²) in [6, 6.07) is 7.77. The molecule has 1 aliphatic heterocycles. The predicted molar refractivity (Wildman–Crippen MR) is 72.9 cm³/mol. The van der Waals surface area contributed by atoms with Crippen LogP contribution in [0.4, 0.5) is 4.39 Å². The van der Waals surface area contributed by atoms with Crippen LogP contribution in [0.2, 0.25) is 0 Å². The van der Waals surface area contributed by atoms with Crippen LogP contribution < -0.4 is 0 Å². The van der Waals surface area contributed by atoms with E-state index in [9.17, 15) is 14.4 Å². The highest BCUT2D eigenvalue weighted by Gasteiger charge is 2.42. The van der Waals surface area contributed by atoms with E-state index < -0.39 is 11.8 Å². The number of rotatable bonds is 1. The average Bonchev–Trinajstić information content (AvgIpc) is 2.47. The Labute approximate surface area is 121 Å². The minimum atomic E-state index is -0.851. The fourth-order valence-electron chi connectivity index (χ4n) is 2.96. The number of hydrogen-bond donors (Lipinski definition) is 1. The van der Waals surface area contributed by atoms with Gasteiger partial charge in [-0.2, -0.15) is 5.26 Å². The van der Waals surface area contributed by atoms with Gasteiger partial charge in [-0.05, 0) is 24.1 Å². The van der Waals surface area contributed by atoms with Crippen molar-refractivity contribution in [2.24, 2.45) is 5.92 Å². The predicted octanol–water partition coefficient (Wildman–Crippen LogP) is 3.06. The molecule has 1 aromatic carbocycles. The van der Waals surface area contributed by atoms with Crippen LogP contribution in [-0.4, -0.2) is 11.7 Å². The van der Waals surface area contributed by atoms with Gasteiger partial charge in [0.2, 0.25) is 5.90 Å². The van der Waals surface area contributed by atoms with Gasteiger partial charge in [-0.1, -0.05) is 12.1 Å². The van der Waals surface area contributed by atoms with Crippen molar-refractivity contribution in [2.45, 2.75) is 25.2 Å². The summed E-state index contributed by atoms with van der Waals surface area (Å²) in [5, 5.41) is 17.2. The fraction of sp³-hybridized carbons (Fsp3) is 0.312. The molecular weight excluding hydrogens is 271 g/mol. The topological polar surface area (TPSA) is 73.9 Å². The number of benzene rings is 1. The van der Waals surface area contributed by atoms with Crippen molar-refractivity contribution in [1.29, 1.82) is 10.7 Å². The number of hydrogen-bond acceptors (Lipinski definition) is 4. The van der Waals surface area contributed by atoms with Gasteiger partial charge in [0.1, 0.15) is 17.5 Å². The number of nitrogens with zero attached hydrogens (tertiary/aromatic N) is 1. The minimum Gasteiger partial charge on any atom is -0.446 e. The van der Waals surface area contributed by atoms with Gasteiger partial charge in [0.15, 0.2) is 5.78 Å². The molecule has 0 bridgehead atoms. The van der Waals surface area contributed by atoms with Gasteiger partial charge in [0.25, 0.3) is 0 Å². The Hall–Kier alpha value is -2.48. The molecule has 1 aromatic rings. The van der Waals surface area contributed by atoms with E-state index in [0.717, 1.165) is 0 Å². The van der Waals surface area contributed by atoms with Crippen LogP contribution in [0.5, 0.6) is 0 Å². The van der Waals surface area contributed by atoms with Crippen molar-refractivity contribution in [3.8, 4) is 6.07 Å². The highest BCUT2D eigenvalue weighted by atomic mass is 19.1. The number of nitriles is 1. The molecule has 1 aliphatic carbocycles. The second kappa shape index (κ2) is 5.13. The minimum absolute atomic E-state index is 0.0432. The Kier molecular flexibility index (Phi) is 3.30. The van der Waals surface area contributed by atoms with Crippen molar-refractivity contribution < 1.29 is 13.9 Å². The van der Waals surface area contributed by atoms with Gasteiger partial charge in [-0.3, -0.25) is 10.2 Å². The molecule has 0 aromatic heterocycles. The van der Waals surface area contributed by atoms with Gasteiger partial charge < -0.3 is 4.74 Å². The second-order valence-electron chi connectivity index (χ2n) is 5.22. The Bertz CT molecular complexity index is 685. The number of carbonyl (C=O) groups excluding carboxylic acids is 1. The SMILES string of the molecule is N#CC1C(=N)OC2=C(C(=O)CCC2)C1c1ccc(F)cc1. The monoisotopic (exact) mass is 284 g/mol. The third-order valence-electron chi connectivity index (χ3n) is 3.94. The summed E-state index contributed by atoms with van der Waals surface area (Å²) >= 11 is 0. The van der Waals surface area contributed by atoms with Crippen molar-refractivity contribution in [3.05, 3.63) is 47.0 Å². The van der Waals surface area contributed by atoms with E-state index >= 15 is 0 Å². The zero-order chi connectivity index (χ0) is 15.0. The molecule has 0 saturated carbocycles. The quantitative estimate of drug-likeness (QED) is 0.861. The zero-order valence-electron chi connectivity index (χ0n) is 11.2. The lowest BCUT2D eigenvalue weighted by molar-refractivity contribution is -0.116. The average molecular weight is 284 g/mol. The van der Waals surface area contributed by atoms with Crippen LogP contribution >= 0.6 is 0 Å². The van der Waals surface area contributed by atoms with Crippen LogP contribution in [0.25, 0.3) is 0 Å². The smallest absolute Gasteiger partial charge is 0.205 e. The summed E-state index contributed by atoms with van der Waals surface area (Å²) in [4.78, 5) is 12.3. The van der Waals surface area contributed by atoms with E-state index in [1.165, 1.54) is 12.1 Å². The van der Waals surface area contributed by atoms with E-state index in [4.69, 9.17) is 10.1 Å². The molecule has 4 nitrogen and oxygen atoms in total. The van der Waals surface area contributed by atoms with Crippen molar-refractivity contribution in [1.82, 2.24) is 0 Å². The molecule has 1 heterocycles. The molecule has 2 atom stereocenters. The van der Waals surface area contributed by atoms with E-state index in [0.29, 0.717) is 36.2 Å². The van der Waals surface area contributed by atoms with Gasteiger partial charge in [-0.25, -0.2) is 4.39 Å². The lowest BCUT2D eigenvalue weighted by atomic mass is 9.74. The molecule has 0 radical (unpaired) electrons. The molecule has 2 aliphatic rings. The van der Waals surface area contributed by atoms with E-state index in [2.05, 4.69) is 0 Å². The highest BCUT2D eigenvalue weighted by molar-refractivity contribution is 6.01. The lowest BCUT2D eigenvalue weighted by Crippen LogP contribution is -2.34. The maximum atomic E-state index is 13.1. The standard InChI is InChI=1S/C16H13FN2O2/c17-10-6-4-9(5-7-10)14-11(8-18)16(19)21-13-3-1-2-12(20)15(13)14/h4-7,11,14,19H,1-3H2. The summed E-state index contributed by atoms with van der Waals surface area (Å²) in [6.07, 6.45) is 1.71. The first kappa shape index (κ1) is 13.5. The summed E-state index contributed by atoms with van der Waals surface area (Å²) in [6.45, 7) is 0. The largest absolute Gasteiger partial charge is 0.446 e. The molecule has 0 amide bonds. The molecule has 0 fully saturated rings. The molecule has 21 heavy (non-hydrogen) atoms. The normalized spacial score (nSPS) is 25.1. The Morgan fingerprint density at radius 2 is 2.00 bits per heavy atom. The van der Waals surface area contributed by atoms with Gasteiger partial charge in [-0.15, -0.1) is 0 Å². The number of allylic oxidation sites excluding steroid dienone is 2. The number of nitrogens with one attached hydrogen (secondary N) is 1. The van der Waals surface area contributed by atoms with Gasteiger partial charge >= 0.3 is 0 Å². The number of Topliss-reactive ketones (excluding diaryl/α,β-unsaturated/α-hetero) is 1. The first-order valence-corrected chi connectivity index (χ1v) is 6.79. The number of carbonyl (C=O) groups is 1. The molecule has 1 N–H and O–H groups in total. The first-order valence-electron chi connectivity index (χ1n) is 6.79. The molecule has 0 spiro atoms. The van der Waals surface area contributed by atoms with Crippen molar-refractivity contribution in [3.63, 3.8) is 0 Å². The summed E-state index contributed by atoms with van der Waals surface area (Å²) in [5.74, 6) is -1.45. The number of halogens is 1. The van der Waals surface area contributed by atoms with Crippen LogP contribution in [-0.2, 0) is 9.53 Å². The molecule has 3 rings (SSSR count). The third-order valence-corrected chi connectivity index (χ3v) is 3.94. The number of ketones is 1. The molecule has 0 saturated heterocycles. The molecule has 5 heteroatoms. The Balaban J connectivity index is 2.15. The molecule has 2 unspecified atom stereocenters. The van der Waals surface area contributed by atoms with Crippen LogP contribution in [0.15, 0.2) is 35.6 Å². The molecular formula is C16H13FN2O2. The maximum absolute atomic E-state index is 13.1. The Morgan fingerprint density at radius 3 is 2.67 bits per heavy atom. The first-order chi connectivity index (χ1) is 10.1. The van der Waals surface area contributed by atoms with E-state index in [1.807, 2.05) is 6.07 Å². The van der Waals surface area contributed by atoms with Crippen LogP contribution in [0, 0.1) is 28.5 Å². The summed E-state index contributed by atoms with van der Waals surface area (Å²) in [7, 11) is 0. The zero-order valence-corrected chi connectivity index (χ0v) is 11.2. The second-order valence-corrected chi connectivity index (χ2v) is 5.22. The maximum Gasteiger partial charge on any atom is 0.205 e. The van der Waals surface area contributed by atoms with Crippen LogP contribution in [0.1, 0.15) is 30.7 Å². The third kappa shape index (κ3) is 2.23. The van der Waals surface area contributed by atoms with Gasteiger partial charge in [0.05, 0.1) is 6.07 Å². The van der Waals surface area contributed by atoms with Crippen molar-refractivity contribution >= 4 is 11.7 Å². The summed E-state index contributed by atoms with van der Waals surface area (Å²) in [5.41, 5.74) is 1.15. The highest BCUT2D eigenvalue weighted by Crippen LogP contribution is 2.43. The van der Waals surface area contributed by atoms with Gasteiger partial charge in [0, 0.05) is 24.3 Å². The summed E-state index contributed by atoms with van der Waals surface area (Å²) < 4.78 is 18.5. The Morgan fingerprint density at radius 1 is 1.29 bits per heavy atom. The van der Waals surface area contributed by atoms with E-state index in [-0.39, 0.29) is 17.5 Å². The number of ether oxygens (including phenoxy) is 1.